The first-order valence-corrected chi connectivity index (χ1v) is 12.5. The molecule has 7 heteroatoms. The van der Waals surface area contributed by atoms with Gasteiger partial charge in [-0.05, 0) is 35.9 Å². The van der Waals surface area contributed by atoms with Gasteiger partial charge in [0.25, 0.3) is 0 Å². The molecule has 0 aliphatic rings. The number of nitrogens with zero attached hydrogens (tertiary/aromatic N) is 3. The van der Waals surface area contributed by atoms with Gasteiger partial charge in [0.2, 0.25) is 0 Å². The number of aromatic nitrogens is 3. The number of thioether (sulfide) groups is 1. The number of thiophene rings is 1. The summed E-state index contributed by atoms with van der Waals surface area (Å²) in [4.78, 5) is 0.892. The Balaban J connectivity index is 1.52. The quantitative estimate of drug-likeness (QED) is 0.220. The molecule has 3 aromatic carbocycles. The Bertz CT molecular complexity index is 1410. The van der Waals surface area contributed by atoms with Crippen LogP contribution in [0, 0.1) is 0 Å². The molecule has 0 N–H and O–H groups in total. The van der Waals surface area contributed by atoms with Crippen LogP contribution in [0.3, 0.4) is 0 Å². The third kappa shape index (κ3) is 4.55. The minimum Gasteiger partial charge on any atom is -0.497 e. The Kier molecular flexibility index (Phi) is 6.48. The molecule has 0 atom stereocenters. The number of hydrogen-bond acceptors (Lipinski definition) is 5. The van der Waals surface area contributed by atoms with E-state index in [2.05, 4.69) is 51.2 Å². The van der Waals surface area contributed by atoms with Crippen LogP contribution in [0.1, 0.15) is 5.56 Å². The van der Waals surface area contributed by atoms with Crippen LogP contribution < -0.4 is 4.74 Å². The minimum absolute atomic E-state index is 0.683. The number of benzene rings is 3. The predicted octanol–water partition coefficient (Wildman–Crippen LogP) is 7.62. The lowest BCUT2D eigenvalue weighted by atomic mass is 10.2. The van der Waals surface area contributed by atoms with Crippen LogP contribution in [0.4, 0.5) is 0 Å². The van der Waals surface area contributed by atoms with Crippen LogP contribution >= 0.6 is 34.7 Å². The van der Waals surface area contributed by atoms with Crippen molar-refractivity contribution < 1.29 is 4.74 Å². The van der Waals surface area contributed by atoms with Crippen molar-refractivity contribution in [2.75, 3.05) is 12.9 Å². The van der Waals surface area contributed by atoms with E-state index in [1.807, 2.05) is 54.6 Å². The molecule has 0 aliphatic carbocycles. The molecule has 0 aliphatic heterocycles. The van der Waals surface area contributed by atoms with E-state index < -0.39 is 0 Å². The Hall–Kier alpha value is -3.06. The molecule has 33 heavy (non-hydrogen) atoms. The monoisotopic (exact) mass is 489 g/mol. The number of ether oxygens (including phenoxy) is 1. The molecular formula is C26H20ClN3OS2. The molecule has 0 unspecified atom stereocenters. The van der Waals surface area contributed by atoms with E-state index in [9.17, 15) is 0 Å². The molecule has 0 bridgehead atoms. The van der Waals surface area contributed by atoms with Gasteiger partial charge >= 0.3 is 0 Å². The molecule has 2 heterocycles. The maximum atomic E-state index is 6.82. The highest BCUT2D eigenvalue weighted by molar-refractivity contribution is 7.99. The zero-order valence-electron chi connectivity index (χ0n) is 17.8. The summed E-state index contributed by atoms with van der Waals surface area (Å²) in [7, 11) is 1.67. The summed E-state index contributed by atoms with van der Waals surface area (Å²) >= 11 is 10.1. The number of halogens is 1. The van der Waals surface area contributed by atoms with Gasteiger partial charge in [-0.2, -0.15) is 0 Å². The number of para-hydroxylation sites is 1. The van der Waals surface area contributed by atoms with Crippen LogP contribution in [-0.4, -0.2) is 27.6 Å². The second-order valence-corrected chi connectivity index (χ2v) is 9.63. The molecule has 0 saturated carbocycles. The molecule has 164 valence electrons. The standard InChI is InChI=1S/C26H20ClN3OS2/c1-31-20-14-15-21-22(17-20)33-24(23(21)27)25-28-29-26(30(25)19-12-6-3-7-13-19)32-16-8-11-18-9-4-2-5-10-18/h2-15,17H,16H2,1H3/b11-8+. The van der Waals surface area contributed by atoms with E-state index in [0.29, 0.717) is 5.02 Å². The van der Waals surface area contributed by atoms with Crippen molar-refractivity contribution in [3.8, 4) is 22.1 Å². The normalized spacial score (nSPS) is 11.5. The fourth-order valence-electron chi connectivity index (χ4n) is 3.51. The summed E-state index contributed by atoms with van der Waals surface area (Å²) in [5, 5.41) is 11.6. The predicted molar refractivity (Wildman–Crippen MR) is 140 cm³/mol. The second-order valence-electron chi connectivity index (χ2n) is 7.21. The van der Waals surface area contributed by atoms with Gasteiger partial charge in [-0.15, -0.1) is 21.5 Å². The van der Waals surface area contributed by atoms with Crippen molar-refractivity contribution >= 4 is 50.9 Å². The number of fused-ring (bicyclic) bond motifs is 1. The lowest BCUT2D eigenvalue weighted by Crippen LogP contribution is -1.99. The van der Waals surface area contributed by atoms with Crippen molar-refractivity contribution in [3.05, 3.63) is 95.5 Å². The summed E-state index contributed by atoms with van der Waals surface area (Å²) in [5.74, 6) is 2.32. The fraction of sp³-hybridized carbons (Fsp3) is 0.0769. The van der Waals surface area contributed by atoms with E-state index in [0.717, 1.165) is 43.1 Å². The third-order valence-corrected chi connectivity index (χ3v) is 7.64. The van der Waals surface area contributed by atoms with Gasteiger partial charge in [0.1, 0.15) is 5.75 Å². The van der Waals surface area contributed by atoms with E-state index in [1.165, 1.54) is 5.56 Å². The van der Waals surface area contributed by atoms with Crippen molar-refractivity contribution in [3.63, 3.8) is 0 Å². The number of hydrogen-bond donors (Lipinski definition) is 0. The van der Waals surface area contributed by atoms with E-state index in [4.69, 9.17) is 16.3 Å². The molecule has 4 nitrogen and oxygen atoms in total. The maximum absolute atomic E-state index is 6.82. The van der Waals surface area contributed by atoms with Gasteiger partial charge < -0.3 is 4.74 Å². The van der Waals surface area contributed by atoms with Crippen molar-refractivity contribution in [2.45, 2.75) is 5.16 Å². The molecule has 0 spiro atoms. The van der Waals surface area contributed by atoms with Gasteiger partial charge in [0, 0.05) is 21.5 Å². The van der Waals surface area contributed by atoms with Crippen LogP contribution in [-0.2, 0) is 0 Å². The SMILES string of the molecule is COc1ccc2c(Cl)c(-c3nnc(SC/C=C/c4ccccc4)n3-c3ccccc3)sc2c1. The molecule has 0 radical (unpaired) electrons. The summed E-state index contributed by atoms with van der Waals surface area (Å²) < 4.78 is 8.51. The van der Waals surface area contributed by atoms with Crippen molar-refractivity contribution in [1.82, 2.24) is 14.8 Å². The van der Waals surface area contributed by atoms with Crippen LogP contribution in [0.2, 0.25) is 5.02 Å². The van der Waals surface area contributed by atoms with Gasteiger partial charge in [0.05, 0.1) is 17.0 Å². The zero-order valence-corrected chi connectivity index (χ0v) is 20.2. The van der Waals surface area contributed by atoms with Gasteiger partial charge in [-0.3, -0.25) is 4.57 Å². The van der Waals surface area contributed by atoms with E-state index in [-0.39, 0.29) is 0 Å². The first kappa shape index (κ1) is 21.8. The molecule has 0 amide bonds. The lowest BCUT2D eigenvalue weighted by molar-refractivity contribution is 0.415. The summed E-state index contributed by atoms with van der Waals surface area (Å²) in [6.45, 7) is 0. The summed E-state index contributed by atoms with van der Waals surface area (Å²) in [5.41, 5.74) is 2.17. The van der Waals surface area contributed by atoms with Gasteiger partial charge in [0.15, 0.2) is 11.0 Å². The topological polar surface area (TPSA) is 39.9 Å². The summed E-state index contributed by atoms with van der Waals surface area (Å²) in [6.07, 6.45) is 4.26. The Morgan fingerprint density at radius 3 is 2.52 bits per heavy atom. The van der Waals surface area contributed by atoms with Gasteiger partial charge in [-0.1, -0.05) is 84.0 Å². The van der Waals surface area contributed by atoms with E-state index in [1.54, 1.807) is 30.2 Å². The highest BCUT2D eigenvalue weighted by Gasteiger charge is 2.21. The summed E-state index contributed by atoms with van der Waals surface area (Å²) in [6, 6.07) is 26.3. The smallest absolute Gasteiger partial charge is 0.196 e. The largest absolute Gasteiger partial charge is 0.497 e. The Labute approximate surface area is 205 Å². The van der Waals surface area contributed by atoms with Crippen LogP contribution in [0.5, 0.6) is 5.75 Å². The van der Waals surface area contributed by atoms with Crippen molar-refractivity contribution in [1.29, 1.82) is 0 Å². The zero-order chi connectivity index (χ0) is 22.6. The molecule has 2 aromatic heterocycles. The lowest BCUT2D eigenvalue weighted by Gasteiger charge is -2.09. The van der Waals surface area contributed by atoms with Gasteiger partial charge in [-0.25, -0.2) is 0 Å². The first-order valence-electron chi connectivity index (χ1n) is 10.4. The Morgan fingerprint density at radius 1 is 1.00 bits per heavy atom. The molecule has 5 rings (SSSR count). The van der Waals surface area contributed by atoms with Crippen LogP contribution in [0.25, 0.3) is 32.6 Å². The molecule has 0 saturated heterocycles. The third-order valence-electron chi connectivity index (χ3n) is 5.11. The number of methoxy groups -OCH3 is 1. The van der Waals surface area contributed by atoms with Crippen molar-refractivity contribution in [2.24, 2.45) is 0 Å². The molecular weight excluding hydrogens is 470 g/mol. The first-order chi connectivity index (χ1) is 16.2. The maximum Gasteiger partial charge on any atom is 0.196 e. The van der Waals surface area contributed by atoms with Crippen LogP contribution in [0.15, 0.2) is 90.1 Å². The highest BCUT2D eigenvalue weighted by Crippen LogP contribution is 2.43. The average molecular weight is 490 g/mol. The molecule has 5 aromatic rings. The Morgan fingerprint density at radius 2 is 1.76 bits per heavy atom. The average Bonchev–Trinajstić information content (AvgIpc) is 3.43. The highest BCUT2D eigenvalue weighted by atomic mass is 35.5. The minimum atomic E-state index is 0.683. The fourth-order valence-corrected chi connectivity index (χ4v) is 5.79. The van der Waals surface area contributed by atoms with E-state index >= 15 is 0 Å². The molecule has 0 fully saturated rings. The second kappa shape index (κ2) is 9.83. The number of rotatable bonds is 7.